The minimum absolute atomic E-state index is 0.132. The number of unbranched alkanes of at least 4 members (excludes halogenated alkanes) is 19. The maximum absolute atomic E-state index is 12.4. The van der Waals surface area contributed by atoms with Crippen molar-refractivity contribution in [1.29, 1.82) is 0 Å². The Morgan fingerprint density at radius 3 is 1.04 bits per heavy atom. The Hall–Kier alpha value is -2.37. The van der Waals surface area contributed by atoms with Crippen molar-refractivity contribution in [3.05, 3.63) is 35.4 Å². The second-order valence-corrected chi connectivity index (χ2v) is 16.2. The standard InChI is InChI=1S/C24H38O4.C12H26.C8H14O2.C6H12/c1-3-5-7-9-11-15-19-27-23(25)21-17-13-14-18-22(21)24(26)28-20-16-12-10-8-6-4-2;1-3-5-7-9-11-12-10-8-6-4-2;1-7(9)10-8-5-3-2-4-6-8;1-2-4-6-5-3-1/h13-14,17-18H,3-12,15-16,19-20H2,1-2H3;3-12H2,1-2H3;8H,2-6H2,1H3;1-6H2. The van der Waals surface area contributed by atoms with Gasteiger partial charge in [0.25, 0.3) is 0 Å². The lowest BCUT2D eigenvalue weighted by Crippen LogP contribution is -2.18. The summed E-state index contributed by atoms with van der Waals surface area (Å²) < 4.78 is 15.8. The van der Waals surface area contributed by atoms with E-state index in [1.807, 2.05) is 0 Å². The van der Waals surface area contributed by atoms with Gasteiger partial charge in [-0.1, -0.05) is 213 Å². The number of carbonyl (C=O) groups is 3. The van der Waals surface area contributed by atoms with Crippen molar-refractivity contribution in [3.63, 3.8) is 0 Å². The largest absolute Gasteiger partial charge is 0.463 e. The van der Waals surface area contributed by atoms with E-state index in [0.29, 0.717) is 24.3 Å². The Morgan fingerprint density at radius 2 is 0.732 bits per heavy atom. The van der Waals surface area contributed by atoms with Crippen molar-refractivity contribution in [2.75, 3.05) is 13.2 Å². The first kappa shape index (κ1) is 53.6. The summed E-state index contributed by atoms with van der Waals surface area (Å²) in [5, 5.41) is 0. The summed E-state index contributed by atoms with van der Waals surface area (Å²) in [6, 6.07) is 6.74. The molecular formula is C50H90O6. The molecule has 1 aromatic carbocycles. The molecule has 0 heterocycles. The topological polar surface area (TPSA) is 78.9 Å². The summed E-state index contributed by atoms with van der Waals surface area (Å²) in [7, 11) is 0. The Balaban J connectivity index is 0.000000873. The van der Waals surface area contributed by atoms with E-state index in [2.05, 4.69) is 27.7 Å². The smallest absolute Gasteiger partial charge is 0.339 e. The van der Waals surface area contributed by atoms with Crippen LogP contribution in [0.5, 0.6) is 0 Å². The van der Waals surface area contributed by atoms with Gasteiger partial charge in [-0.15, -0.1) is 0 Å². The van der Waals surface area contributed by atoms with Crippen LogP contribution in [0.15, 0.2) is 24.3 Å². The van der Waals surface area contributed by atoms with Crippen LogP contribution in [0, 0.1) is 0 Å². The SMILES string of the molecule is C1CCCCC1.CC(=O)OC1CCCCC1.CCCCCCCCCCCC.CCCCCCCCOC(=O)c1ccccc1C(=O)OCCCCCCCC. The number of ether oxygens (including phenoxy) is 3. The van der Waals surface area contributed by atoms with Gasteiger partial charge in [-0.05, 0) is 50.7 Å². The molecule has 2 aliphatic carbocycles. The molecule has 2 aliphatic rings. The summed E-state index contributed by atoms with van der Waals surface area (Å²) in [6.07, 6.45) is 43.2. The maximum atomic E-state index is 12.4. The van der Waals surface area contributed by atoms with E-state index in [4.69, 9.17) is 14.2 Å². The molecule has 3 rings (SSSR count). The van der Waals surface area contributed by atoms with Crippen LogP contribution in [-0.4, -0.2) is 37.2 Å². The molecule has 2 saturated carbocycles. The molecule has 56 heavy (non-hydrogen) atoms. The maximum Gasteiger partial charge on any atom is 0.339 e. The Morgan fingerprint density at radius 1 is 0.446 bits per heavy atom. The molecule has 2 fully saturated rings. The Kier molecular flexibility index (Phi) is 40.5. The molecule has 6 heteroatoms. The van der Waals surface area contributed by atoms with Gasteiger partial charge >= 0.3 is 17.9 Å². The molecule has 0 unspecified atom stereocenters. The fourth-order valence-electron chi connectivity index (χ4n) is 7.13. The molecule has 1 aromatic rings. The van der Waals surface area contributed by atoms with E-state index in [0.717, 1.165) is 38.5 Å². The summed E-state index contributed by atoms with van der Waals surface area (Å²) in [5.41, 5.74) is 0.586. The number of hydrogen-bond acceptors (Lipinski definition) is 6. The molecule has 6 nitrogen and oxygen atoms in total. The van der Waals surface area contributed by atoms with Crippen LogP contribution in [0.25, 0.3) is 0 Å². The first-order chi connectivity index (χ1) is 27.4. The normalized spacial score (nSPS) is 13.8. The molecule has 0 saturated heterocycles. The van der Waals surface area contributed by atoms with E-state index in [9.17, 15) is 14.4 Å². The van der Waals surface area contributed by atoms with E-state index in [-0.39, 0.29) is 12.1 Å². The van der Waals surface area contributed by atoms with Crippen LogP contribution in [0.2, 0.25) is 0 Å². The van der Waals surface area contributed by atoms with E-state index in [1.54, 1.807) is 24.3 Å². The lowest BCUT2D eigenvalue weighted by molar-refractivity contribution is -0.147. The summed E-state index contributed by atoms with van der Waals surface area (Å²) in [5.74, 6) is -1.02. The monoisotopic (exact) mass is 787 g/mol. The third-order valence-corrected chi connectivity index (χ3v) is 10.7. The molecule has 326 valence electrons. The molecule has 0 spiro atoms. The average molecular weight is 787 g/mol. The predicted molar refractivity (Wildman–Crippen MR) is 238 cm³/mol. The van der Waals surface area contributed by atoms with Gasteiger partial charge in [0.2, 0.25) is 0 Å². The average Bonchev–Trinajstić information content (AvgIpc) is 3.22. The zero-order valence-electron chi connectivity index (χ0n) is 37.6. The predicted octanol–water partition coefficient (Wildman–Crippen LogP) is 15.9. The van der Waals surface area contributed by atoms with Crippen LogP contribution in [0.4, 0.5) is 0 Å². The highest BCUT2D eigenvalue weighted by molar-refractivity contribution is 6.03. The van der Waals surface area contributed by atoms with Crippen molar-refractivity contribution < 1.29 is 28.6 Å². The number of carbonyl (C=O) groups excluding carboxylic acids is 3. The molecule has 0 aliphatic heterocycles. The van der Waals surface area contributed by atoms with Gasteiger partial charge in [-0.3, -0.25) is 4.79 Å². The van der Waals surface area contributed by atoms with Gasteiger partial charge in [-0.25, -0.2) is 9.59 Å². The third kappa shape index (κ3) is 34.8. The first-order valence-electron chi connectivity index (χ1n) is 24.0. The molecular weight excluding hydrogens is 697 g/mol. The van der Waals surface area contributed by atoms with E-state index in [1.165, 1.54) is 180 Å². The van der Waals surface area contributed by atoms with Gasteiger partial charge < -0.3 is 14.2 Å². The van der Waals surface area contributed by atoms with Gasteiger partial charge in [0.05, 0.1) is 24.3 Å². The highest BCUT2D eigenvalue weighted by Crippen LogP contribution is 2.20. The van der Waals surface area contributed by atoms with Crippen molar-refractivity contribution >= 4 is 17.9 Å². The molecule has 0 amide bonds. The third-order valence-electron chi connectivity index (χ3n) is 10.7. The quantitative estimate of drug-likeness (QED) is 0.0529. The van der Waals surface area contributed by atoms with Crippen LogP contribution in [0.1, 0.15) is 267 Å². The van der Waals surface area contributed by atoms with E-state index >= 15 is 0 Å². The van der Waals surface area contributed by atoms with E-state index < -0.39 is 11.9 Å². The summed E-state index contributed by atoms with van der Waals surface area (Å²) in [6.45, 7) is 11.2. The summed E-state index contributed by atoms with van der Waals surface area (Å²) in [4.78, 5) is 35.2. The van der Waals surface area contributed by atoms with Crippen molar-refractivity contribution in [1.82, 2.24) is 0 Å². The minimum atomic E-state index is -0.444. The molecule has 0 radical (unpaired) electrons. The highest BCUT2D eigenvalue weighted by atomic mass is 16.5. The second kappa shape index (κ2) is 42.2. The molecule has 0 aromatic heterocycles. The molecule has 0 N–H and O–H groups in total. The fourth-order valence-corrected chi connectivity index (χ4v) is 7.13. The minimum Gasteiger partial charge on any atom is -0.463 e. The fraction of sp³-hybridized carbons (Fsp3) is 0.820. The lowest BCUT2D eigenvalue weighted by Gasteiger charge is -2.20. The number of rotatable bonds is 26. The molecule has 0 bridgehead atoms. The van der Waals surface area contributed by atoms with Crippen LogP contribution in [-0.2, 0) is 19.0 Å². The Bertz CT molecular complexity index is 942. The first-order valence-corrected chi connectivity index (χ1v) is 24.0. The van der Waals surface area contributed by atoms with Gasteiger partial charge in [0.15, 0.2) is 0 Å². The van der Waals surface area contributed by atoms with Crippen LogP contribution in [0.3, 0.4) is 0 Å². The zero-order valence-corrected chi connectivity index (χ0v) is 37.6. The van der Waals surface area contributed by atoms with Crippen molar-refractivity contribution in [3.8, 4) is 0 Å². The van der Waals surface area contributed by atoms with Crippen LogP contribution < -0.4 is 0 Å². The number of esters is 3. The summed E-state index contributed by atoms with van der Waals surface area (Å²) >= 11 is 0. The molecule has 0 atom stereocenters. The number of benzene rings is 1. The lowest BCUT2D eigenvalue weighted by atomic mass is 9.98. The van der Waals surface area contributed by atoms with Crippen molar-refractivity contribution in [2.45, 2.75) is 253 Å². The Labute approximate surface area is 346 Å². The van der Waals surface area contributed by atoms with Gasteiger partial charge in [0.1, 0.15) is 6.10 Å². The van der Waals surface area contributed by atoms with Crippen molar-refractivity contribution in [2.24, 2.45) is 0 Å². The zero-order chi connectivity index (χ0) is 41.2. The van der Waals surface area contributed by atoms with Crippen LogP contribution >= 0.6 is 0 Å². The second-order valence-electron chi connectivity index (χ2n) is 16.2. The highest BCUT2D eigenvalue weighted by Gasteiger charge is 2.19. The number of hydrogen-bond donors (Lipinski definition) is 0. The van der Waals surface area contributed by atoms with Gasteiger partial charge in [0, 0.05) is 6.92 Å². The van der Waals surface area contributed by atoms with Gasteiger partial charge in [-0.2, -0.15) is 0 Å².